The van der Waals surface area contributed by atoms with Crippen LogP contribution < -0.4 is 9.80 Å². The van der Waals surface area contributed by atoms with Crippen LogP contribution in [0.4, 0.5) is 37.8 Å². The van der Waals surface area contributed by atoms with Gasteiger partial charge in [-0.3, -0.25) is 9.69 Å². The number of nitrogens with zero attached hydrogens (tertiary/aromatic N) is 4. The molecule has 0 bridgehead atoms. The van der Waals surface area contributed by atoms with Crippen LogP contribution in [0, 0.1) is 0 Å². The Bertz CT molecular complexity index is 1490. The van der Waals surface area contributed by atoms with Crippen LogP contribution in [-0.2, 0) is 22.6 Å². The number of likely N-dealkylation sites (N-methyl/N-ethyl adjacent to an activating group) is 1. The fourth-order valence-corrected chi connectivity index (χ4v) is 6.18. The Balaban J connectivity index is 1.55. The van der Waals surface area contributed by atoms with E-state index in [0.717, 1.165) is 39.0 Å². The number of hydrogen-bond donors (Lipinski definition) is 0. The number of rotatable bonds is 5. The van der Waals surface area contributed by atoms with E-state index in [1.54, 1.807) is 24.3 Å². The molecule has 3 aromatic rings. The average molecular weight is 625 g/mol. The molecule has 5 rings (SSSR count). The normalized spacial score (nSPS) is 18.1. The van der Waals surface area contributed by atoms with Gasteiger partial charge in [0.05, 0.1) is 28.4 Å². The molecule has 43 heavy (non-hydrogen) atoms. The lowest BCUT2D eigenvalue weighted by molar-refractivity contribution is -0.143. The molecule has 2 fully saturated rings. The van der Waals surface area contributed by atoms with Gasteiger partial charge >= 0.3 is 12.4 Å². The van der Waals surface area contributed by atoms with E-state index in [1.165, 1.54) is 32.0 Å². The molecule has 5 nitrogen and oxygen atoms in total. The minimum absolute atomic E-state index is 0.0529. The molecule has 1 atom stereocenters. The summed E-state index contributed by atoms with van der Waals surface area (Å²) >= 11 is 6.57. The summed E-state index contributed by atoms with van der Waals surface area (Å²) in [5.41, 5.74) is -3.65. The maximum Gasteiger partial charge on any atom is 0.416 e. The third kappa shape index (κ3) is 6.20. The maximum atomic E-state index is 14.0. The summed E-state index contributed by atoms with van der Waals surface area (Å²) in [5, 5.41) is 0.411. The van der Waals surface area contributed by atoms with E-state index in [2.05, 4.69) is 14.8 Å². The minimum Gasteiger partial charge on any atom is -0.354 e. The van der Waals surface area contributed by atoms with E-state index < -0.39 is 40.4 Å². The monoisotopic (exact) mass is 624 g/mol. The number of piperazine rings is 1. The second-order valence-electron chi connectivity index (χ2n) is 11.6. The molecule has 2 aliphatic rings. The zero-order chi connectivity index (χ0) is 31.3. The number of benzene rings is 2. The molecule has 230 valence electrons. The quantitative estimate of drug-likeness (QED) is 0.273. The third-order valence-electron chi connectivity index (χ3n) is 8.45. The lowest BCUT2D eigenvalue weighted by atomic mass is 9.81. The summed E-state index contributed by atoms with van der Waals surface area (Å²) in [6.45, 7) is 6.16. The van der Waals surface area contributed by atoms with E-state index in [-0.39, 0.29) is 6.07 Å². The molecular weight excluding hydrogens is 594 g/mol. The number of carbonyl (C=O) groups excluding carboxylic acids is 1. The van der Waals surface area contributed by atoms with Crippen LogP contribution in [0.15, 0.2) is 54.7 Å². The highest BCUT2D eigenvalue weighted by Crippen LogP contribution is 2.42. The number of alkyl halides is 6. The zero-order valence-corrected chi connectivity index (χ0v) is 24.6. The van der Waals surface area contributed by atoms with Gasteiger partial charge in [-0.05, 0) is 69.1 Å². The highest BCUT2D eigenvalue weighted by molar-refractivity contribution is 6.33. The van der Waals surface area contributed by atoms with Gasteiger partial charge in [0.2, 0.25) is 5.91 Å². The van der Waals surface area contributed by atoms with Gasteiger partial charge in [0.1, 0.15) is 5.82 Å². The van der Waals surface area contributed by atoms with Gasteiger partial charge < -0.3 is 9.80 Å². The molecule has 1 amide bonds. The Labute approximate surface area is 251 Å². The van der Waals surface area contributed by atoms with Gasteiger partial charge in [0, 0.05) is 48.9 Å². The van der Waals surface area contributed by atoms with Crippen LogP contribution in [0.2, 0.25) is 5.02 Å². The van der Waals surface area contributed by atoms with Crippen molar-refractivity contribution in [1.29, 1.82) is 0 Å². The van der Waals surface area contributed by atoms with E-state index >= 15 is 0 Å². The molecule has 2 aromatic carbocycles. The first-order valence-corrected chi connectivity index (χ1v) is 14.3. The van der Waals surface area contributed by atoms with Crippen molar-refractivity contribution in [3.05, 3.63) is 76.4 Å². The number of carbonyl (C=O) groups is 1. The third-order valence-corrected chi connectivity index (χ3v) is 8.78. The van der Waals surface area contributed by atoms with Gasteiger partial charge in [-0.1, -0.05) is 29.8 Å². The molecule has 0 aliphatic carbocycles. The van der Waals surface area contributed by atoms with Gasteiger partial charge in [-0.15, -0.1) is 0 Å². The van der Waals surface area contributed by atoms with Crippen LogP contribution in [0.3, 0.4) is 0 Å². The van der Waals surface area contributed by atoms with Gasteiger partial charge in [0.25, 0.3) is 0 Å². The number of fused-ring (bicyclic) bond motifs is 1. The molecule has 3 heterocycles. The first kappa shape index (κ1) is 31.1. The van der Waals surface area contributed by atoms with Crippen molar-refractivity contribution >= 4 is 29.0 Å². The summed E-state index contributed by atoms with van der Waals surface area (Å²) in [6, 6.07) is 10.5. The number of aromatic nitrogens is 1. The molecule has 0 radical (unpaired) electrons. The van der Waals surface area contributed by atoms with E-state index in [0.29, 0.717) is 45.8 Å². The molecule has 2 aliphatic heterocycles. The van der Waals surface area contributed by atoms with Crippen molar-refractivity contribution in [3.8, 4) is 11.1 Å². The van der Waals surface area contributed by atoms with Crippen molar-refractivity contribution in [3.63, 3.8) is 0 Å². The first-order valence-electron chi connectivity index (χ1n) is 13.9. The molecule has 0 unspecified atom stereocenters. The fraction of sp³-hybridized carbons (Fsp3) is 0.419. The summed E-state index contributed by atoms with van der Waals surface area (Å²) in [7, 11) is 1.43. The van der Waals surface area contributed by atoms with Crippen molar-refractivity contribution in [2.24, 2.45) is 0 Å². The van der Waals surface area contributed by atoms with Gasteiger partial charge in [0.15, 0.2) is 0 Å². The summed E-state index contributed by atoms with van der Waals surface area (Å²) in [4.78, 5) is 24.5. The molecule has 0 saturated carbocycles. The van der Waals surface area contributed by atoms with Crippen LogP contribution in [0.1, 0.15) is 43.4 Å². The van der Waals surface area contributed by atoms with Crippen molar-refractivity contribution in [1.82, 2.24) is 9.88 Å². The molecule has 0 N–H and O–H groups in total. The molecule has 2 saturated heterocycles. The topological polar surface area (TPSA) is 39.7 Å². The Morgan fingerprint density at radius 1 is 0.907 bits per heavy atom. The second-order valence-corrected chi connectivity index (χ2v) is 12.0. The average Bonchev–Trinajstić information content (AvgIpc) is 3.43. The molecule has 1 aromatic heterocycles. The molecule has 0 spiro atoms. The van der Waals surface area contributed by atoms with Crippen LogP contribution in [0.25, 0.3) is 11.1 Å². The molecular formula is C31H31ClF6N4O. The minimum atomic E-state index is -5.04. The summed E-state index contributed by atoms with van der Waals surface area (Å²) in [5.74, 6) is -0.0274. The largest absolute Gasteiger partial charge is 0.416 e. The number of amides is 1. The fourth-order valence-electron chi connectivity index (χ4n) is 5.94. The van der Waals surface area contributed by atoms with E-state index in [9.17, 15) is 31.1 Å². The van der Waals surface area contributed by atoms with E-state index in [1.807, 2.05) is 6.07 Å². The lowest BCUT2D eigenvalue weighted by Gasteiger charge is -2.38. The summed E-state index contributed by atoms with van der Waals surface area (Å²) in [6.07, 6.45) is -6.32. The summed E-state index contributed by atoms with van der Waals surface area (Å²) < 4.78 is 81.6. The zero-order valence-electron chi connectivity index (χ0n) is 23.9. The van der Waals surface area contributed by atoms with Gasteiger partial charge in [-0.25, -0.2) is 4.98 Å². The highest BCUT2D eigenvalue weighted by atomic mass is 35.5. The number of halogens is 7. The van der Waals surface area contributed by atoms with E-state index in [4.69, 9.17) is 11.6 Å². The smallest absolute Gasteiger partial charge is 0.354 e. The Morgan fingerprint density at radius 2 is 1.53 bits per heavy atom. The lowest BCUT2D eigenvalue weighted by Crippen LogP contribution is -2.50. The standard InChI is InChI=1S/C31H31ClF6N4O/c1-29(2,19-13-20(30(33,34)35)15-21(14-19)31(36,37)38)28(43)40(3)26-17-39-27(16-24(26)23-8-4-5-9-25(23)32)42-12-11-41-10-6-7-22(41)18-42/h4-5,8-9,13-17,22H,6-7,10-12,18H2,1-3H3/t22-/m1/s1. The van der Waals surface area contributed by atoms with Crippen molar-refractivity contribution in [2.45, 2.75) is 50.5 Å². The SMILES string of the molecule is CN(C(=O)C(C)(C)c1cc(C(F)(F)F)cc(C(F)(F)F)c1)c1cnc(N2CCN3CCC[C@@H]3C2)cc1-c1ccccc1Cl. The Hall–Kier alpha value is -3.31. The van der Waals surface area contributed by atoms with Crippen LogP contribution in [-0.4, -0.2) is 55.1 Å². The number of pyridine rings is 1. The number of hydrogen-bond acceptors (Lipinski definition) is 4. The first-order chi connectivity index (χ1) is 20.1. The van der Waals surface area contributed by atoms with Crippen LogP contribution >= 0.6 is 11.6 Å². The second kappa shape index (κ2) is 11.3. The maximum absolute atomic E-state index is 14.0. The number of anilines is 2. The molecule has 12 heteroatoms. The predicted octanol–water partition coefficient (Wildman–Crippen LogP) is 7.66. The van der Waals surface area contributed by atoms with Crippen LogP contribution in [0.5, 0.6) is 0 Å². The van der Waals surface area contributed by atoms with Crippen molar-refractivity contribution < 1.29 is 31.1 Å². The highest BCUT2D eigenvalue weighted by Gasteiger charge is 2.41. The van der Waals surface area contributed by atoms with Crippen molar-refractivity contribution in [2.75, 3.05) is 43.0 Å². The predicted molar refractivity (Wildman–Crippen MR) is 154 cm³/mol. The Kier molecular flexibility index (Phi) is 8.19. The Morgan fingerprint density at radius 3 is 2.16 bits per heavy atom. The van der Waals surface area contributed by atoms with Gasteiger partial charge in [-0.2, -0.15) is 26.3 Å².